The monoisotopic (exact) mass is 293 g/mol. The molecule has 3 rings (SSSR count). The molecule has 2 atom stereocenters. The van der Waals surface area contributed by atoms with Crippen molar-refractivity contribution in [2.24, 2.45) is 5.92 Å². The van der Waals surface area contributed by atoms with Crippen LogP contribution in [0.5, 0.6) is 0 Å². The summed E-state index contributed by atoms with van der Waals surface area (Å²) < 4.78 is 5.80. The molecule has 6 heteroatoms. The van der Waals surface area contributed by atoms with Crippen LogP contribution in [0.2, 0.25) is 0 Å². The molecule has 0 spiro atoms. The van der Waals surface area contributed by atoms with E-state index in [1.54, 1.807) is 11.3 Å². The van der Waals surface area contributed by atoms with Crippen LogP contribution < -0.4 is 0 Å². The summed E-state index contributed by atoms with van der Waals surface area (Å²) in [5.74, 6) is 1.62. The van der Waals surface area contributed by atoms with Crippen LogP contribution in [0.4, 0.5) is 0 Å². The second kappa shape index (κ2) is 6.03. The first-order chi connectivity index (χ1) is 9.78. The number of likely N-dealkylation sites (tertiary alicyclic amines) is 1. The first-order valence-electron chi connectivity index (χ1n) is 7.00. The maximum absolute atomic E-state index is 9.31. The van der Waals surface area contributed by atoms with Crippen molar-refractivity contribution in [1.82, 2.24) is 15.1 Å². The highest BCUT2D eigenvalue weighted by molar-refractivity contribution is 7.13. The Labute approximate surface area is 122 Å². The molecule has 2 aromatic heterocycles. The number of hydrogen-bond donors (Lipinski definition) is 1. The maximum atomic E-state index is 9.31. The lowest BCUT2D eigenvalue weighted by molar-refractivity contribution is 0.0839. The number of hydrogen-bond acceptors (Lipinski definition) is 6. The SMILES string of the molecule is CC(c1nnc(-c2cccs2)o1)N1CCCC(CO)C1. The summed E-state index contributed by atoms with van der Waals surface area (Å²) in [6.07, 6.45) is 2.21. The van der Waals surface area contributed by atoms with E-state index in [2.05, 4.69) is 22.0 Å². The third kappa shape index (κ3) is 2.77. The Kier molecular flexibility index (Phi) is 4.14. The summed E-state index contributed by atoms with van der Waals surface area (Å²) >= 11 is 1.60. The topological polar surface area (TPSA) is 62.4 Å². The third-order valence-corrected chi connectivity index (χ3v) is 4.74. The van der Waals surface area contributed by atoms with Crippen LogP contribution in [-0.2, 0) is 0 Å². The predicted octanol–water partition coefficient (Wildman–Crippen LogP) is 2.56. The van der Waals surface area contributed by atoms with Crippen LogP contribution >= 0.6 is 11.3 Å². The molecule has 0 bridgehead atoms. The zero-order chi connectivity index (χ0) is 13.9. The fourth-order valence-corrected chi connectivity index (χ4v) is 3.30. The van der Waals surface area contributed by atoms with Gasteiger partial charge in [-0.2, -0.15) is 0 Å². The highest BCUT2D eigenvalue weighted by Crippen LogP contribution is 2.29. The van der Waals surface area contributed by atoms with E-state index in [0.717, 1.165) is 30.8 Å². The van der Waals surface area contributed by atoms with Crippen molar-refractivity contribution in [3.8, 4) is 10.8 Å². The minimum atomic E-state index is 0.102. The Bertz CT molecular complexity index is 540. The molecule has 2 unspecified atom stereocenters. The molecule has 5 nitrogen and oxygen atoms in total. The molecule has 3 heterocycles. The largest absolute Gasteiger partial charge is 0.418 e. The van der Waals surface area contributed by atoms with Gasteiger partial charge < -0.3 is 9.52 Å². The number of aliphatic hydroxyl groups excluding tert-OH is 1. The summed E-state index contributed by atoms with van der Waals surface area (Å²) in [4.78, 5) is 3.32. The van der Waals surface area contributed by atoms with Gasteiger partial charge in [0.15, 0.2) is 0 Å². The summed E-state index contributed by atoms with van der Waals surface area (Å²) in [6.45, 7) is 4.27. The van der Waals surface area contributed by atoms with Gasteiger partial charge in [0.2, 0.25) is 5.89 Å². The summed E-state index contributed by atoms with van der Waals surface area (Å²) in [6, 6.07) is 4.06. The van der Waals surface area contributed by atoms with E-state index in [1.807, 2.05) is 17.5 Å². The fourth-order valence-electron chi connectivity index (χ4n) is 2.66. The first kappa shape index (κ1) is 13.7. The van der Waals surface area contributed by atoms with E-state index < -0.39 is 0 Å². The highest BCUT2D eigenvalue weighted by Gasteiger charge is 2.27. The van der Waals surface area contributed by atoms with Crippen LogP contribution in [0.3, 0.4) is 0 Å². The van der Waals surface area contributed by atoms with Gasteiger partial charge in [-0.1, -0.05) is 6.07 Å². The smallest absolute Gasteiger partial charge is 0.257 e. The van der Waals surface area contributed by atoms with Crippen molar-refractivity contribution in [2.75, 3.05) is 19.7 Å². The molecule has 0 aliphatic carbocycles. The van der Waals surface area contributed by atoms with Crippen molar-refractivity contribution in [3.63, 3.8) is 0 Å². The molecule has 1 aliphatic rings. The number of rotatable bonds is 4. The Morgan fingerprint density at radius 2 is 2.45 bits per heavy atom. The van der Waals surface area contributed by atoms with Gasteiger partial charge in [0, 0.05) is 13.2 Å². The van der Waals surface area contributed by atoms with Gasteiger partial charge in [0.1, 0.15) is 0 Å². The lowest BCUT2D eigenvalue weighted by atomic mass is 9.98. The standard InChI is InChI=1S/C14H19N3O2S/c1-10(17-6-2-4-11(8-17)9-18)13-15-16-14(19-13)12-5-3-7-20-12/h3,5,7,10-11,18H,2,4,6,8-9H2,1H3. The average Bonchev–Trinajstić information content (AvgIpc) is 3.17. The second-order valence-electron chi connectivity index (χ2n) is 5.28. The molecular weight excluding hydrogens is 274 g/mol. The van der Waals surface area contributed by atoms with Gasteiger partial charge in [0.05, 0.1) is 10.9 Å². The number of nitrogens with zero attached hydrogens (tertiary/aromatic N) is 3. The molecule has 20 heavy (non-hydrogen) atoms. The second-order valence-corrected chi connectivity index (χ2v) is 6.23. The molecule has 1 saturated heterocycles. The summed E-state index contributed by atoms with van der Waals surface area (Å²) in [7, 11) is 0. The highest BCUT2D eigenvalue weighted by atomic mass is 32.1. The van der Waals surface area contributed by atoms with Crippen LogP contribution in [0, 0.1) is 5.92 Å². The Morgan fingerprint density at radius 3 is 3.20 bits per heavy atom. The number of piperidine rings is 1. The van der Waals surface area contributed by atoms with Gasteiger partial charge in [-0.05, 0) is 43.7 Å². The zero-order valence-electron chi connectivity index (χ0n) is 11.5. The van der Waals surface area contributed by atoms with Gasteiger partial charge in [-0.25, -0.2) is 0 Å². The van der Waals surface area contributed by atoms with Crippen molar-refractivity contribution >= 4 is 11.3 Å². The third-order valence-electron chi connectivity index (χ3n) is 3.89. The summed E-state index contributed by atoms with van der Waals surface area (Å²) in [5, 5.41) is 19.6. The predicted molar refractivity (Wildman–Crippen MR) is 77.4 cm³/mol. The van der Waals surface area contributed by atoms with Crippen LogP contribution in [-0.4, -0.2) is 39.9 Å². The lowest BCUT2D eigenvalue weighted by Crippen LogP contribution is -2.38. The quantitative estimate of drug-likeness (QED) is 0.938. The minimum absolute atomic E-state index is 0.102. The number of aliphatic hydroxyl groups is 1. The molecule has 2 aromatic rings. The van der Waals surface area contributed by atoms with E-state index in [1.165, 1.54) is 0 Å². The van der Waals surface area contributed by atoms with E-state index in [9.17, 15) is 5.11 Å². The van der Waals surface area contributed by atoms with Crippen LogP contribution in [0.15, 0.2) is 21.9 Å². The molecular formula is C14H19N3O2S. The molecule has 0 aromatic carbocycles. The van der Waals surface area contributed by atoms with Crippen molar-refractivity contribution in [1.29, 1.82) is 0 Å². The Morgan fingerprint density at radius 1 is 1.55 bits per heavy atom. The first-order valence-corrected chi connectivity index (χ1v) is 7.88. The van der Waals surface area contributed by atoms with Gasteiger partial charge >= 0.3 is 0 Å². The molecule has 0 saturated carbocycles. The minimum Gasteiger partial charge on any atom is -0.418 e. The molecule has 108 valence electrons. The van der Waals surface area contributed by atoms with Gasteiger partial charge in [0.25, 0.3) is 5.89 Å². The number of aromatic nitrogens is 2. The van der Waals surface area contributed by atoms with Gasteiger partial charge in [-0.15, -0.1) is 21.5 Å². The van der Waals surface area contributed by atoms with Gasteiger partial charge in [-0.3, -0.25) is 4.90 Å². The molecule has 0 radical (unpaired) electrons. The zero-order valence-corrected chi connectivity index (χ0v) is 12.3. The van der Waals surface area contributed by atoms with E-state index in [4.69, 9.17) is 4.42 Å². The number of thiophene rings is 1. The normalized spacial score (nSPS) is 22.0. The lowest BCUT2D eigenvalue weighted by Gasteiger charge is -2.34. The van der Waals surface area contributed by atoms with E-state index >= 15 is 0 Å². The Balaban J connectivity index is 1.72. The Hall–Kier alpha value is -1.24. The molecule has 1 fully saturated rings. The molecule has 1 aliphatic heterocycles. The molecule has 1 N–H and O–H groups in total. The maximum Gasteiger partial charge on any atom is 0.257 e. The molecule has 0 amide bonds. The fraction of sp³-hybridized carbons (Fsp3) is 0.571. The summed E-state index contributed by atoms with van der Waals surface area (Å²) in [5.41, 5.74) is 0. The van der Waals surface area contributed by atoms with Crippen LogP contribution in [0.1, 0.15) is 31.7 Å². The average molecular weight is 293 g/mol. The van der Waals surface area contributed by atoms with Crippen molar-refractivity contribution < 1.29 is 9.52 Å². The van der Waals surface area contributed by atoms with Crippen molar-refractivity contribution in [3.05, 3.63) is 23.4 Å². The van der Waals surface area contributed by atoms with Crippen molar-refractivity contribution in [2.45, 2.75) is 25.8 Å². The van der Waals surface area contributed by atoms with E-state index in [-0.39, 0.29) is 12.6 Å². The van der Waals surface area contributed by atoms with Crippen LogP contribution in [0.25, 0.3) is 10.8 Å². The van der Waals surface area contributed by atoms with E-state index in [0.29, 0.717) is 17.7 Å².